The highest BCUT2D eigenvalue weighted by molar-refractivity contribution is 7.99. The molecule has 0 aromatic heterocycles. The molecular weight excluding hydrogens is 230 g/mol. The molecule has 1 aromatic rings. The maximum Gasteiger partial charge on any atom is 0.288 e. The lowest BCUT2D eigenvalue weighted by atomic mass is 10.3. The molecule has 0 radical (unpaired) electrons. The molecule has 5 heteroatoms. The van der Waals surface area contributed by atoms with Crippen molar-refractivity contribution in [3.63, 3.8) is 0 Å². The van der Waals surface area contributed by atoms with Crippen LogP contribution in [-0.2, 0) is 0 Å². The lowest BCUT2D eigenvalue weighted by Crippen LogP contribution is -2.10. The van der Waals surface area contributed by atoms with E-state index in [-0.39, 0.29) is 0 Å². The van der Waals surface area contributed by atoms with E-state index in [1.165, 1.54) is 0 Å². The van der Waals surface area contributed by atoms with Crippen molar-refractivity contribution in [2.45, 2.75) is 30.4 Å². The van der Waals surface area contributed by atoms with Crippen LogP contribution in [0.3, 0.4) is 0 Å². The highest BCUT2D eigenvalue weighted by Crippen LogP contribution is 2.33. The van der Waals surface area contributed by atoms with Gasteiger partial charge in [-0.3, -0.25) is 0 Å². The van der Waals surface area contributed by atoms with Gasteiger partial charge in [0.1, 0.15) is 0 Å². The smallest absolute Gasteiger partial charge is 0.288 e. The zero-order chi connectivity index (χ0) is 12.0. The number of alkyl halides is 2. The molecule has 0 aliphatic rings. The first-order chi connectivity index (χ1) is 7.63. The molecule has 0 saturated heterocycles. The van der Waals surface area contributed by atoms with E-state index in [0.717, 1.165) is 6.42 Å². The molecule has 0 saturated carbocycles. The van der Waals surface area contributed by atoms with Gasteiger partial charge >= 0.3 is 0 Å². The molecule has 0 amide bonds. The van der Waals surface area contributed by atoms with Gasteiger partial charge < -0.3 is 5.73 Å². The van der Waals surface area contributed by atoms with Crippen molar-refractivity contribution in [2.75, 3.05) is 0 Å². The number of thioether (sulfide) groups is 1. The average molecular weight is 244 g/mol. The normalized spacial score (nSPS) is 12.1. The van der Waals surface area contributed by atoms with Crippen LogP contribution in [0.4, 0.5) is 14.5 Å². The van der Waals surface area contributed by atoms with E-state index >= 15 is 0 Å². The summed E-state index contributed by atoms with van der Waals surface area (Å²) in [5, 5.41) is 0. The number of rotatable bonds is 5. The Morgan fingerprint density at radius 1 is 1.44 bits per heavy atom. The Hall–Kier alpha value is -1.10. The standard InChI is InChI=1S/C11H14F2N2S/c1-2-5-10(14)15-8-6-3-4-7-9(8)16-11(12)13/h3-4,6-7,11H,2,5H2,1H3,(H2,14,15). The fourth-order valence-electron chi connectivity index (χ4n) is 1.21. The van der Waals surface area contributed by atoms with Crippen molar-refractivity contribution in [1.29, 1.82) is 0 Å². The summed E-state index contributed by atoms with van der Waals surface area (Å²) in [7, 11) is 0. The SMILES string of the molecule is CCCC(N)=Nc1ccccc1SC(F)F. The molecule has 0 fully saturated rings. The van der Waals surface area contributed by atoms with Crippen LogP contribution >= 0.6 is 11.8 Å². The Morgan fingerprint density at radius 2 is 2.12 bits per heavy atom. The third kappa shape index (κ3) is 4.18. The fraction of sp³-hybridized carbons (Fsp3) is 0.364. The lowest BCUT2D eigenvalue weighted by Gasteiger charge is -2.05. The quantitative estimate of drug-likeness (QED) is 0.486. The van der Waals surface area contributed by atoms with Crippen LogP contribution in [0.25, 0.3) is 0 Å². The molecule has 1 rings (SSSR count). The second-order valence-electron chi connectivity index (χ2n) is 3.20. The molecule has 2 N–H and O–H groups in total. The van der Waals surface area contributed by atoms with Crippen LogP contribution < -0.4 is 5.73 Å². The lowest BCUT2D eigenvalue weighted by molar-refractivity contribution is 0.252. The summed E-state index contributed by atoms with van der Waals surface area (Å²) < 4.78 is 24.5. The molecule has 0 bridgehead atoms. The molecule has 16 heavy (non-hydrogen) atoms. The number of aliphatic imine (C=N–C) groups is 1. The van der Waals surface area contributed by atoms with E-state index in [1.54, 1.807) is 24.3 Å². The molecule has 0 aliphatic heterocycles. The maximum atomic E-state index is 12.3. The number of halogens is 2. The average Bonchev–Trinajstić information content (AvgIpc) is 2.20. The van der Waals surface area contributed by atoms with Gasteiger partial charge in [0, 0.05) is 11.3 Å². The summed E-state index contributed by atoms with van der Waals surface area (Å²) in [5.41, 5.74) is 6.18. The molecule has 0 heterocycles. The van der Waals surface area contributed by atoms with Crippen LogP contribution in [0.2, 0.25) is 0 Å². The van der Waals surface area contributed by atoms with Crippen LogP contribution in [0.15, 0.2) is 34.2 Å². The highest BCUT2D eigenvalue weighted by Gasteiger charge is 2.09. The maximum absolute atomic E-state index is 12.3. The van der Waals surface area contributed by atoms with Gasteiger partial charge in [0.25, 0.3) is 5.76 Å². The minimum Gasteiger partial charge on any atom is -0.387 e. The Kier molecular flexibility index (Phi) is 5.25. The van der Waals surface area contributed by atoms with Crippen LogP contribution in [0, 0.1) is 0 Å². The molecule has 1 aromatic carbocycles. The number of para-hydroxylation sites is 1. The Labute approximate surface area is 97.9 Å². The number of hydrogen-bond donors (Lipinski definition) is 1. The summed E-state index contributed by atoms with van der Waals surface area (Å²) in [4.78, 5) is 4.60. The third-order valence-corrected chi connectivity index (χ3v) is 2.63. The minimum absolute atomic E-state index is 0.455. The number of hydrogen-bond acceptors (Lipinski definition) is 2. The molecule has 0 spiro atoms. The van der Waals surface area contributed by atoms with Gasteiger partial charge in [0.2, 0.25) is 0 Å². The van der Waals surface area contributed by atoms with Gasteiger partial charge in [0.15, 0.2) is 0 Å². The van der Waals surface area contributed by atoms with E-state index in [0.29, 0.717) is 34.6 Å². The number of amidine groups is 1. The zero-order valence-electron chi connectivity index (χ0n) is 8.99. The minimum atomic E-state index is -2.44. The number of nitrogens with two attached hydrogens (primary N) is 1. The zero-order valence-corrected chi connectivity index (χ0v) is 9.81. The van der Waals surface area contributed by atoms with Gasteiger partial charge in [-0.25, -0.2) is 4.99 Å². The monoisotopic (exact) mass is 244 g/mol. The van der Waals surface area contributed by atoms with Gasteiger partial charge in [-0.15, -0.1) is 0 Å². The topological polar surface area (TPSA) is 38.4 Å². The van der Waals surface area contributed by atoms with Crippen molar-refractivity contribution in [2.24, 2.45) is 10.7 Å². The first-order valence-corrected chi connectivity index (χ1v) is 5.88. The highest BCUT2D eigenvalue weighted by atomic mass is 32.2. The summed E-state index contributed by atoms with van der Waals surface area (Å²) in [5.74, 6) is -1.96. The Bertz CT molecular complexity index is 367. The second kappa shape index (κ2) is 6.48. The van der Waals surface area contributed by atoms with Crippen LogP contribution in [-0.4, -0.2) is 11.6 Å². The van der Waals surface area contributed by atoms with Crippen LogP contribution in [0.1, 0.15) is 19.8 Å². The van der Waals surface area contributed by atoms with Crippen molar-refractivity contribution >= 4 is 23.3 Å². The van der Waals surface area contributed by atoms with E-state index in [2.05, 4.69) is 4.99 Å². The third-order valence-electron chi connectivity index (χ3n) is 1.85. The first-order valence-electron chi connectivity index (χ1n) is 5.00. The Balaban J connectivity index is 2.90. The van der Waals surface area contributed by atoms with Gasteiger partial charge in [-0.2, -0.15) is 8.78 Å². The van der Waals surface area contributed by atoms with E-state index in [1.807, 2.05) is 6.92 Å². The van der Waals surface area contributed by atoms with E-state index < -0.39 is 5.76 Å². The largest absolute Gasteiger partial charge is 0.387 e. The summed E-state index contributed by atoms with van der Waals surface area (Å²) >= 11 is 0.489. The molecule has 0 atom stereocenters. The van der Waals surface area contributed by atoms with Gasteiger partial charge in [0.05, 0.1) is 11.5 Å². The van der Waals surface area contributed by atoms with Crippen LogP contribution in [0.5, 0.6) is 0 Å². The molecular formula is C11H14F2N2S. The van der Waals surface area contributed by atoms with Gasteiger partial charge in [-0.05, 0) is 18.6 Å². The Morgan fingerprint density at radius 3 is 2.75 bits per heavy atom. The van der Waals surface area contributed by atoms with Crippen molar-refractivity contribution in [1.82, 2.24) is 0 Å². The molecule has 0 aliphatic carbocycles. The summed E-state index contributed by atoms with van der Waals surface area (Å²) in [6, 6.07) is 6.77. The fourth-order valence-corrected chi connectivity index (χ4v) is 1.80. The molecule has 2 nitrogen and oxygen atoms in total. The van der Waals surface area contributed by atoms with E-state index in [4.69, 9.17) is 5.73 Å². The number of benzene rings is 1. The molecule has 0 unspecified atom stereocenters. The van der Waals surface area contributed by atoms with E-state index in [9.17, 15) is 8.78 Å². The number of nitrogens with zero attached hydrogens (tertiary/aromatic N) is 1. The molecule has 88 valence electrons. The predicted octanol–water partition coefficient (Wildman–Crippen LogP) is 3.79. The summed E-state index contributed by atoms with van der Waals surface area (Å²) in [6.07, 6.45) is 1.56. The summed E-state index contributed by atoms with van der Waals surface area (Å²) in [6.45, 7) is 1.99. The first kappa shape index (κ1) is 13.0. The van der Waals surface area contributed by atoms with Crippen molar-refractivity contribution < 1.29 is 8.78 Å². The van der Waals surface area contributed by atoms with Crippen molar-refractivity contribution in [3.05, 3.63) is 24.3 Å². The predicted molar refractivity (Wildman–Crippen MR) is 64.5 cm³/mol. The van der Waals surface area contributed by atoms with Crippen molar-refractivity contribution in [3.8, 4) is 0 Å². The second-order valence-corrected chi connectivity index (χ2v) is 4.23. The van der Waals surface area contributed by atoms with Gasteiger partial charge in [-0.1, -0.05) is 30.8 Å².